The number of aromatic nitrogens is 5. The molecule has 8 nitrogen and oxygen atoms in total. The molecule has 0 unspecified atom stereocenters. The number of carbonyl (C=O) groups excluding carboxylic acids is 1. The van der Waals surface area contributed by atoms with Crippen molar-refractivity contribution < 1.29 is 13.6 Å². The van der Waals surface area contributed by atoms with Gasteiger partial charge >= 0.3 is 0 Å². The summed E-state index contributed by atoms with van der Waals surface area (Å²) in [5.41, 5.74) is -0.230. The first-order valence-corrected chi connectivity index (χ1v) is 10.5. The molecule has 5 rings (SSSR count). The van der Waals surface area contributed by atoms with Crippen molar-refractivity contribution in [3.05, 3.63) is 64.0 Å². The molecule has 4 aromatic rings. The van der Waals surface area contributed by atoms with Crippen molar-refractivity contribution in [2.75, 3.05) is 13.1 Å². The fraction of sp³-hybridized carbons (Fsp3) is 0.273. The van der Waals surface area contributed by atoms with Gasteiger partial charge in [-0.2, -0.15) is 0 Å². The smallest absolute Gasteiger partial charge is 0.261 e. The van der Waals surface area contributed by atoms with Gasteiger partial charge in [-0.05, 0) is 30.7 Å². The molecule has 0 bridgehead atoms. The van der Waals surface area contributed by atoms with E-state index < -0.39 is 17.0 Å². The van der Waals surface area contributed by atoms with E-state index >= 15 is 0 Å². The van der Waals surface area contributed by atoms with Crippen molar-refractivity contribution in [2.45, 2.75) is 19.1 Å². The Bertz CT molecular complexity index is 1460. The number of rotatable bonds is 4. The van der Waals surface area contributed by atoms with E-state index in [2.05, 4.69) is 10.3 Å². The van der Waals surface area contributed by atoms with Crippen LogP contribution in [0.3, 0.4) is 0 Å². The van der Waals surface area contributed by atoms with E-state index in [1.165, 1.54) is 45.5 Å². The van der Waals surface area contributed by atoms with Crippen molar-refractivity contribution in [3.63, 3.8) is 0 Å². The molecule has 1 aliphatic rings. The van der Waals surface area contributed by atoms with Crippen LogP contribution < -0.4 is 5.56 Å². The third-order valence-electron chi connectivity index (χ3n) is 5.70. The second-order valence-corrected chi connectivity index (χ2v) is 8.87. The number of amides is 1. The molecule has 1 aromatic carbocycles. The van der Waals surface area contributed by atoms with Gasteiger partial charge in [-0.1, -0.05) is 22.9 Å². The van der Waals surface area contributed by atoms with Crippen LogP contribution in [0.4, 0.5) is 8.78 Å². The second-order valence-electron chi connectivity index (χ2n) is 8.46. The average Bonchev–Trinajstić information content (AvgIpc) is 3.34. The summed E-state index contributed by atoms with van der Waals surface area (Å²) in [7, 11) is 1.72. The number of hydrogen-bond acceptors (Lipinski definition) is 4. The van der Waals surface area contributed by atoms with Gasteiger partial charge in [0.15, 0.2) is 5.82 Å². The van der Waals surface area contributed by atoms with Crippen LogP contribution in [0.2, 0.25) is 5.02 Å². The lowest BCUT2D eigenvalue weighted by atomic mass is 9.99. The van der Waals surface area contributed by atoms with Gasteiger partial charge in [0.2, 0.25) is 5.91 Å². The van der Waals surface area contributed by atoms with E-state index in [0.717, 1.165) is 0 Å². The van der Waals surface area contributed by atoms with E-state index in [1.807, 2.05) is 0 Å². The molecule has 1 saturated heterocycles. The van der Waals surface area contributed by atoms with Crippen LogP contribution in [0.1, 0.15) is 6.92 Å². The molecule has 0 aliphatic carbocycles. The van der Waals surface area contributed by atoms with Crippen molar-refractivity contribution in [2.24, 2.45) is 7.05 Å². The molecule has 1 fully saturated rings. The number of likely N-dealkylation sites (tertiary alicyclic amines) is 1. The maximum absolute atomic E-state index is 13.8. The van der Waals surface area contributed by atoms with Crippen molar-refractivity contribution in [1.29, 1.82) is 0 Å². The largest absolute Gasteiger partial charge is 0.335 e. The Morgan fingerprint density at radius 1 is 1.24 bits per heavy atom. The molecular formula is C22H19ClF2N6O2. The van der Waals surface area contributed by atoms with Gasteiger partial charge in [-0.3, -0.25) is 18.8 Å². The Balaban J connectivity index is 1.64. The second kappa shape index (κ2) is 7.51. The molecule has 0 saturated carbocycles. The lowest BCUT2D eigenvalue weighted by Gasteiger charge is -2.42. The summed E-state index contributed by atoms with van der Waals surface area (Å²) in [5.74, 6) is -0.431. The number of carbonyl (C=O) groups is 1. The minimum absolute atomic E-state index is 0.00517. The molecule has 4 heterocycles. The number of benzene rings is 1. The van der Waals surface area contributed by atoms with E-state index in [1.54, 1.807) is 30.1 Å². The molecule has 0 N–H and O–H groups in total. The molecule has 0 radical (unpaired) electrons. The Morgan fingerprint density at radius 3 is 2.64 bits per heavy atom. The number of alkyl halides is 1. The first-order chi connectivity index (χ1) is 15.6. The van der Waals surface area contributed by atoms with E-state index in [0.29, 0.717) is 27.8 Å². The van der Waals surface area contributed by atoms with E-state index in [-0.39, 0.29) is 30.6 Å². The van der Waals surface area contributed by atoms with Gasteiger partial charge in [0.25, 0.3) is 5.56 Å². The van der Waals surface area contributed by atoms with Crippen molar-refractivity contribution in [1.82, 2.24) is 29.0 Å². The van der Waals surface area contributed by atoms with E-state index in [4.69, 9.17) is 11.6 Å². The predicted octanol–water partition coefficient (Wildman–Crippen LogP) is 2.95. The standard InChI is InChI=1S/C22H19ClF2N6O2/c1-22(25)11-30(12-22)19(32)10-29-6-5-17-20(21(29)33)14(13-3-4-16(24)15(23)7-13)8-31(17)18-9-28(2)27-26-18/h3-9H,10-12H2,1-2H3. The SMILES string of the molecule is Cn1cc(-n2cc(-c3ccc(F)c(Cl)c3)c3c(=O)n(CC(=O)N4CC(C)(F)C4)ccc32)nn1. The summed E-state index contributed by atoms with van der Waals surface area (Å²) < 4.78 is 32.1. The number of pyridine rings is 1. The summed E-state index contributed by atoms with van der Waals surface area (Å²) in [6.45, 7) is 1.23. The number of aryl methyl sites for hydroxylation is 1. The maximum Gasteiger partial charge on any atom is 0.261 e. The molecule has 0 spiro atoms. The quantitative estimate of drug-likeness (QED) is 0.457. The monoisotopic (exact) mass is 472 g/mol. The third-order valence-corrected chi connectivity index (χ3v) is 5.99. The van der Waals surface area contributed by atoms with Crippen LogP contribution in [0, 0.1) is 5.82 Å². The van der Waals surface area contributed by atoms with Crippen LogP contribution >= 0.6 is 11.6 Å². The van der Waals surface area contributed by atoms with Crippen LogP contribution in [0.5, 0.6) is 0 Å². The van der Waals surface area contributed by atoms with Gasteiger partial charge in [0.1, 0.15) is 18.0 Å². The van der Waals surface area contributed by atoms with Crippen LogP contribution in [0.15, 0.2) is 47.7 Å². The molecule has 1 aliphatic heterocycles. The predicted molar refractivity (Wildman–Crippen MR) is 119 cm³/mol. The summed E-state index contributed by atoms with van der Waals surface area (Å²) in [4.78, 5) is 27.4. The number of fused-ring (bicyclic) bond motifs is 1. The van der Waals surface area contributed by atoms with Crippen LogP contribution in [0.25, 0.3) is 27.8 Å². The van der Waals surface area contributed by atoms with Crippen molar-refractivity contribution >= 4 is 28.4 Å². The highest BCUT2D eigenvalue weighted by atomic mass is 35.5. The topological polar surface area (TPSA) is 78.0 Å². The van der Waals surface area contributed by atoms with E-state index in [9.17, 15) is 18.4 Å². The summed E-state index contributed by atoms with van der Waals surface area (Å²) >= 11 is 5.99. The highest BCUT2D eigenvalue weighted by molar-refractivity contribution is 6.31. The fourth-order valence-corrected chi connectivity index (χ4v) is 4.28. The molecule has 170 valence electrons. The Labute approximate surface area is 191 Å². The van der Waals surface area contributed by atoms with Gasteiger partial charge in [0, 0.05) is 25.0 Å². The summed E-state index contributed by atoms with van der Waals surface area (Å²) in [5, 5.41) is 8.30. The number of nitrogens with zero attached hydrogens (tertiary/aromatic N) is 6. The Morgan fingerprint density at radius 2 is 2.00 bits per heavy atom. The Kier molecular flexibility index (Phi) is 4.86. The lowest BCUT2D eigenvalue weighted by Crippen LogP contribution is -2.60. The van der Waals surface area contributed by atoms with Crippen LogP contribution in [-0.2, 0) is 18.4 Å². The van der Waals surface area contributed by atoms with Crippen LogP contribution in [-0.4, -0.2) is 53.7 Å². The molecular weight excluding hydrogens is 454 g/mol. The summed E-state index contributed by atoms with van der Waals surface area (Å²) in [6.07, 6.45) is 4.91. The molecule has 33 heavy (non-hydrogen) atoms. The molecule has 1 amide bonds. The third kappa shape index (κ3) is 3.70. The zero-order valence-electron chi connectivity index (χ0n) is 17.8. The first-order valence-electron chi connectivity index (χ1n) is 10.2. The summed E-state index contributed by atoms with van der Waals surface area (Å²) in [6, 6.07) is 5.90. The minimum atomic E-state index is -1.40. The molecule has 3 aromatic heterocycles. The highest BCUT2D eigenvalue weighted by Gasteiger charge is 2.41. The Hall–Kier alpha value is -3.53. The van der Waals surface area contributed by atoms with Gasteiger partial charge in [-0.15, -0.1) is 5.10 Å². The average molecular weight is 473 g/mol. The van der Waals surface area contributed by atoms with Gasteiger partial charge in [-0.25, -0.2) is 8.78 Å². The molecule has 11 heteroatoms. The number of halogens is 3. The zero-order chi connectivity index (χ0) is 23.5. The highest BCUT2D eigenvalue weighted by Crippen LogP contribution is 2.32. The first kappa shape index (κ1) is 21.3. The fourth-order valence-electron chi connectivity index (χ4n) is 4.10. The number of hydrogen-bond donors (Lipinski definition) is 0. The van der Waals surface area contributed by atoms with Gasteiger partial charge in [0.05, 0.1) is 35.2 Å². The molecule has 0 atom stereocenters. The normalized spacial score (nSPS) is 15.1. The van der Waals surface area contributed by atoms with Crippen molar-refractivity contribution in [3.8, 4) is 16.9 Å². The minimum Gasteiger partial charge on any atom is -0.335 e. The van der Waals surface area contributed by atoms with Gasteiger partial charge < -0.3 is 9.47 Å². The lowest BCUT2D eigenvalue weighted by molar-refractivity contribution is -0.144. The zero-order valence-corrected chi connectivity index (χ0v) is 18.6. The maximum atomic E-state index is 13.8.